The Hall–Kier alpha value is -2.43. The number of aromatic nitrogens is 5. The largest absolute Gasteiger partial charge is 0.395 e. The van der Waals surface area contributed by atoms with Gasteiger partial charge in [-0.1, -0.05) is 16.8 Å². The first-order valence-electron chi connectivity index (χ1n) is 12.7. The van der Waals surface area contributed by atoms with Crippen molar-refractivity contribution in [2.75, 3.05) is 12.4 Å². The lowest BCUT2D eigenvalue weighted by atomic mass is 9.79. The number of alkyl halides is 2. The third kappa shape index (κ3) is 5.67. The Balaban J connectivity index is 1.49. The smallest absolute Gasteiger partial charge is 0.248 e. The lowest BCUT2D eigenvalue weighted by Gasteiger charge is -2.52. The second-order valence-electron chi connectivity index (χ2n) is 10.4. The van der Waals surface area contributed by atoms with Gasteiger partial charge >= 0.3 is 0 Å². The Bertz CT molecular complexity index is 1390. The van der Waals surface area contributed by atoms with Gasteiger partial charge in [-0.25, -0.2) is 42.5 Å². The molecule has 1 aliphatic heterocycles. The maximum absolute atomic E-state index is 14.1. The lowest BCUT2D eigenvalue weighted by molar-refractivity contribution is -0.105. The molecule has 3 heterocycles. The molecular weight excluding hydrogens is 597 g/mol. The van der Waals surface area contributed by atoms with E-state index in [1.165, 1.54) is 18.6 Å². The first-order chi connectivity index (χ1) is 19.3. The quantitative estimate of drug-likeness (QED) is 0.161. The third-order valence-corrected chi connectivity index (χ3v) is 11.7. The molecule has 2 aromatic heterocycles. The van der Waals surface area contributed by atoms with Crippen LogP contribution in [-0.2, 0) is 0 Å². The van der Waals surface area contributed by atoms with Crippen LogP contribution in [0.2, 0.25) is 5.15 Å². The normalized spacial score (nSPS) is 29.3. The molecule has 6 atom stereocenters. The Morgan fingerprint density at radius 2 is 1.68 bits per heavy atom. The van der Waals surface area contributed by atoms with Gasteiger partial charge in [0, 0.05) is 41.8 Å². The van der Waals surface area contributed by atoms with Gasteiger partial charge in [-0.15, -0.1) is 5.10 Å². The average Bonchev–Trinajstić information content (AvgIpc) is 3.40. The van der Waals surface area contributed by atoms with Crippen LogP contribution >= 0.6 is 22.5 Å². The number of thiol groups is 1. The van der Waals surface area contributed by atoms with Gasteiger partial charge in [-0.3, -0.25) is 4.98 Å². The van der Waals surface area contributed by atoms with Crippen LogP contribution in [0.3, 0.4) is 0 Å². The average molecular weight is 624 g/mol. The Labute approximate surface area is 238 Å². The SMILES string of the molecule is OC[C@@H]1[C@H](O)[C@@H](n2cc(-c3cc(F)c(F)c(F)c3)nn2)[C@@H](O)C[SH]1[C@H](c1nccnc1Cl)C1(O)CCC(F)(F)CC1. The molecular formula is C25H27ClF5N5O4S. The van der Waals surface area contributed by atoms with Crippen LogP contribution in [0.5, 0.6) is 0 Å². The maximum Gasteiger partial charge on any atom is 0.248 e. The Morgan fingerprint density at radius 3 is 2.29 bits per heavy atom. The van der Waals surface area contributed by atoms with E-state index in [0.29, 0.717) is 0 Å². The van der Waals surface area contributed by atoms with Crippen LogP contribution in [0.15, 0.2) is 30.7 Å². The zero-order chi connectivity index (χ0) is 29.7. The minimum Gasteiger partial charge on any atom is -0.395 e. The molecule has 2 fully saturated rings. The van der Waals surface area contributed by atoms with Crippen LogP contribution in [0.4, 0.5) is 22.0 Å². The molecule has 1 saturated heterocycles. The number of hydrogen-bond acceptors (Lipinski definition) is 8. The molecule has 9 nitrogen and oxygen atoms in total. The molecule has 1 aliphatic carbocycles. The van der Waals surface area contributed by atoms with E-state index in [1.807, 2.05) is 0 Å². The van der Waals surface area contributed by atoms with Gasteiger partial charge in [0.1, 0.15) is 11.7 Å². The number of aliphatic hydroxyl groups excluding tert-OH is 3. The van der Waals surface area contributed by atoms with Crippen molar-refractivity contribution in [1.29, 1.82) is 0 Å². The van der Waals surface area contributed by atoms with E-state index in [-0.39, 0.29) is 40.7 Å². The Kier molecular flexibility index (Phi) is 8.31. The molecule has 0 spiro atoms. The molecule has 0 amide bonds. The zero-order valence-electron chi connectivity index (χ0n) is 21.3. The van der Waals surface area contributed by atoms with E-state index in [9.17, 15) is 42.4 Å². The molecule has 0 bridgehead atoms. The summed E-state index contributed by atoms with van der Waals surface area (Å²) in [5.41, 5.74) is -1.82. The maximum atomic E-state index is 14.1. The zero-order valence-corrected chi connectivity index (χ0v) is 22.9. The first-order valence-corrected chi connectivity index (χ1v) is 14.8. The number of nitrogens with zero attached hydrogens (tertiary/aromatic N) is 5. The summed E-state index contributed by atoms with van der Waals surface area (Å²) in [6.45, 7) is -0.605. The van der Waals surface area contributed by atoms with Crippen LogP contribution in [0, 0.1) is 17.5 Å². The van der Waals surface area contributed by atoms with Crippen molar-refractivity contribution in [2.45, 2.75) is 66.0 Å². The molecule has 1 unspecified atom stereocenters. The topological polar surface area (TPSA) is 137 Å². The summed E-state index contributed by atoms with van der Waals surface area (Å²) in [4.78, 5) is 8.30. The molecule has 2 aliphatic rings. The number of halogens is 6. The van der Waals surface area contributed by atoms with E-state index < -0.39 is 88.1 Å². The summed E-state index contributed by atoms with van der Waals surface area (Å²) in [5.74, 6) is -7.59. The van der Waals surface area contributed by atoms with Crippen molar-refractivity contribution in [3.8, 4) is 11.3 Å². The van der Waals surface area contributed by atoms with Crippen molar-refractivity contribution < 1.29 is 42.4 Å². The first kappa shape index (κ1) is 30.0. The van der Waals surface area contributed by atoms with E-state index in [4.69, 9.17) is 11.6 Å². The number of hydrogen-bond donors (Lipinski definition) is 5. The summed E-state index contributed by atoms with van der Waals surface area (Å²) in [5, 5.41) is 50.5. The van der Waals surface area contributed by atoms with Crippen LogP contribution in [0.1, 0.15) is 42.7 Å². The molecule has 1 aromatic carbocycles. The molecule has 16 heteroatoms. The number of aliphatic hydroxyl groups is 4. The van der Waals surface area contributed by atoms with Gasteiger partial charge in [-0.05, 0) is 25.0 Å². The summed E-state index contributed by atoms with van der Waals surface area (Å²) in [6, 6.07) is 0.255. The standard InChI is InChI=1S/C25H27ClF5N5O4S/c26-23-19(32-5-6-33-23)22(24(40)1-3-25(30,31)4-2-24)41-11-16(38)20(21(39)17(41)10-37)36-9-15(34-35-36)12-7-13(27)18(29)14(28)8-12/h5-9,16-17,20-22,37-41H,1-4,10-11H2/t16-,17+,20-,21-,22+/m0/s1. The number of rotatable bonds is 6. The van der Waals surface area contributed by atoms with Crippen molar-refractivity contribution in [3.63, 3.8) is 0 Å². The summed E-state index contributed by atoms with van der Waals surface area (Å²) in [6.07, 6.45) is -0.770. The van der Waals surface area contributed by atoms with Gasteiger partial charge in [0.25, 0.3) is 0 Å². The fourth-order valence-corrected chi connectivity index (χ4v) is 9.73. The summed E-state index contributed by atoms with van der Waals surface area (Å²) >= 11 is 6.35. The monoisotopic (exact) mass is 623 g/mol. The second kappa shape index (κ2) is 11.3. The predicted molar refractivity (Wildman–Crippen MR) is 139 cm³/mol. The van der Waals surface area contributed by atoms with Gasteiger partial charge in [0.05, 0.1) is 41.6 Å². The molecule has 1 saturated carbocycles. The minimum absolute atomic E-state index is 0.0720. The van der Waals surface area contributed by atoms with Gasteiger partial charge in [0.2, 0.25) is 5.92 Å². The Morgan fingerprint density at radius 1 is 1.05 bits per heavy atom. The van der Waals surface area contributed by atoms with E-state index in [1.54, 1.807) is 0 Å². The molecule has 0 radical (unpaired) electrons. The second-order valence-corrected chi connectivity index (χ2v) is 13.4. The van der Waals surface area contributed by atoms with Crippen molar-refractivity contribution >= 4 is 22.5 Å². The van der Waals surface area contributed by atoms with Crippen LogP contribution < -0.4 is 0 Å². The molecule has 5 rings (SSSR count). The van der Waals surface area contributed by atoms with Gasteiger partial charge in [-0.2, -0.15) is 0 Å². The van der Waals surface area contributed by atoms with E-state index >= 15 is 0 Å². The van der Waals surface area contributed by atoms with Crippen molar-refractivity contribution in [1.82, 2.24) is 25.0 Å². The highest BCUT2D eigenvalue weighted by Gasteiger charge is 2.54. The van der Waals surface area contributed by atoms with Gasteiger partial charge < -0.3 is 20.4 Å². The van der Waals surface area contributed by atoms with E-state index in [0.717, 1.165) is 16.8 Å². The fraction of sp³-hybridized carbons (Fsp3) is 0.520. The van der Waals surface area contributed by atoms with Crippen molar-refractivity contribution in [2.24, 2.45) is 0 Å². The lowest BCUT2D eigenvalue weighted by Crippen LogP contribution is -2.53. The minimum atomic E-state index is -2.97. The molecule has 41 heavy (non-hydrogen) atoms. The summed E-state index contributed by atoms with van der Waals surface area (Å²) in [7, 11) is -1.77. The highest BCUT2D eigenvalue weighted by molar-refractivity contribution is 8.18. The number of benzene rings is 1. The van der Waals surface area contributed by atoms with Crippen LogP contribution in [-0.4, -0.2) is 86.7 Å². The third-order valence-electron chi connectivity index (χ3n) is 7.87. The summed E-state index contributed by atoms with van der Waals surface area (Å²) < 4.78 is 70.2. The van der Waals surface area contributed by atoms with Crippen LogP contribution in [0.25, 0.3) is 11.3 Å². The highest BCUT2D eigenvalue weighted by Crippen LogP contribution is 2.61. The highest BCUT2D eigenvalue weighted by atomic mass is 35.5. The molecule has 224 valence electrons. The van der Waals surface area contributed by atoms with E-state index in [2.05, 4.69) is 20.3 Å². The fourth-order valence-electron chi connectivity index (χ4n) is 5.77. The molecule has 3 aromatic rings. The van der Waals surface area contributed by atoms with Crippen molar-refractivity contribution in [3.05, 3.63) is 59.0 Å². The predicted octanol–water partition coefficient (Wildman–Crippen LogP) is 3.13. The van der Waals surface area contributed by atoms with Gasteiger partial charge in [0.15, 0.2) is 22.6 Å². The molecule has 4 N–H and O–H groups in total.